The van der Waals surface area contributed by atoms with Crippen molar-refractivity contribution >= 4 is 33.3 Å². The Bertz CT molecular complexity index is 1120. The molecule has 178 valence electrons. The number of imidazole rings is 1. The van der Waals surface area contributed by atoms with Crippen molar-refractivity contribution in [1.29, 1.82) is 0 Å². The van der Waals surface area contributed by atoms with E-state index >= 15 is 0 Å². The molecule has 4 rings (SSSR count). The van der Waals surface area contributed by atoms with Crippen LogP contribution < -0.4 is 15.5 Å². The fraction of sp³-hybridized carbons (Fsp3) is 0.542. The molecule has 0 radical (unpaired) electrons. The van der Waals surface area contributed by atoms with E-state index in [9.17, 15) is 4.79 Å². The summed E-state index contributed by atoms with van der Waals surface area (Å²) in [7, 11) is 0. The van der Waals surface area contributed by atoms with Crippen LogP contribution in [0.3, 0.4) is 0 Å². The molecule has 33 heavy (non-hydrogen) atoms. The number of carbonyl (C=O) groups is 1. The van der Waals surface area contributed by atoms with Gasteiger partial charge in [0.15, 0.2) is 5.82 Å². The molecule has 2 N–H and O–H groups in total. The zero-order valence-corrected chi connectivity index (χ0v) is 21.3. The summed E-state index contributed by atoms with van der Waals surface area (Å²) < 4.78 is 1.94. The van der Waals surface area contributed by atoms with Crippen LogP contribution in [0.4, 0.5) is 15.7 Å². The molecule has 0 unspecified atom stereocenters. The van der Waals surface area contributed by atoms with E-state index in [-0.39, 0.29) is 11.6 Å². The quantitative estimate of drug-likeness (QED) is 0.577. The number of rotatable bonds is 5. The second-order valence-corrected chi connectivity index (χ2v) is 11.1. The number of carbonyl (C=O) groups excluding carboxylic acids is 1. The first-order valence-electron chi connectivity index (χ1n) is 11.6. The molecule has 1 saturated heterocycles. The van der Waals surface area contributed by atoms with Crippen molar-refractivity contribution in [2.24, 2.45) is 5.92 Å². The number of hydrogen-bond acceptors (Lipinski definition) is 6. The molecule has 0 bridgehead atoms. The molecule has 2 amide bonds. The summed E-state index contributed by atoms with van der Waals surface area (Å²) in [6.45, 7) is 16.3. The molecule has 1 fully saturated rings. The predicted molar refractivity (Wildman–Crippen MR) is 136 cm³/mol. The third kappa shape index (κ3) is 5.24. The Balaban J connectivity index is 1.56. The topological polar surface area (TPSA) is 77.8 Å². The second-order valence-electron chi connectivity index (χ2n) is 10.1. The third-order valence-corrected chi connectivity index (χ3v) is 6.55. The summed E-state index contributed by atoms with van der Waals surface area (Å²) in [4.78, 5) is 22.4. The van der Waals surface area contributed by atoms with Gasteiger partial charge in [-0.2, -0.15) is 4.52 Å². The van der Waals surface area contributed by atoms with E-state index in [0.717, 1.165) is 40.3 Å². The second kappa shape index (κ2) is 9.21. The van der Waals surface area contributed by atoms with Crippen LogP contribution in [0.1, 0.15) is 40.2 Å². The molecule has 1 aliphatic heterocycles. The molecule has 0 atom stereocenters. The van der Waals surface area contributed by atoms with Gasteiger partial charge in [0.05, 0.1) is 0 Å². The third-order valence-electron chi connectivity index (χ3n) is 5.59. The number of piperazine rings is 1. The summed E-state index contributed by atoms with van der Waals surface area (Å²) in [6, 6.07) is 8.34. The van der Waals surface area contributed by atoms with Gasteiger partial charge in [0.2, 0.25) is 10.1 Å². The fourth-order valence-electron chi connectivity index (χ4n) is 3.86. The molecule has 1 aliphatic rings. The lowest BCUT2D eigenvalue weighted by Crippen LogP contribution is -2.52. The molecule has 9 heteroatoms. The Morgan fingerprint density at radius 1 is 1.15 bits per heavy atom. The summed E-state index contributed by atoms with van der Waals surface area (Å²) >= 11 is 1.60. The van der Waals surface area contributed by atoms with Crippen LogP contribution in [-0.2, 0) is 0 Å². The minimum Gasteiger partial charge on any atom is -0.364 e. The summed E-state index contributed by atoms with van der Waals surface area (Å²) in [5, 5.41) is 12.5. The lowest BCUT2D eigenvalue weighted by molar-refractivity contribution is 0.193. The Morgan fingerprint density at radius 2 is 1.85 bits per heavy atom. The minimum atomic E-state index is -0.133. The Hall–Kier alpha value is -2.81. The zero-order chi connectivity index (χ0) is 23.8. The van der Waals surface area contributed by atoms with Crippen LogP contribution in [0.25, 0.3) is 16.2 Å². The van der Waals surface area contributed by atoms with Gasteiger partial charge in [0.1, 0.15) is 5.69 Å². The molecular weight excluding hydrogens is 434 g/mol. The van der Waals surface area contributed by atoms with Crippen molar-refractivity contribution in [1.82, 2.24) is 24.8 Å². The number of nitrogens with zero attached hydrogens (tertiary/aromatic N) is 5. The van der Waals surface area contributed by atoms with E-state index in [1.807, 2.05) is 21.5 Å². The maximum atomic E-state index is 12.4. The van der Waals surface area contributed by atoms with Gasteiger partial charge in [-0.1, -0.05) is 49.4 Å². The Labute approximate surface area is 200 Å². The molecule has 3 aromatic rings. The normalized spacial score (nSPS) is 14.9. The van der Waals surface area contributed by atoms with Gasteiger partial charge in [0, 0.05) is 43.8 Å². The number of amides is 2. The first kappa shape index (κ1) is 23.4. The lowest BCUT2D eigenvalue weighted by atomic mass is 10.0. The number of urea groups is 1. The van der Waals surface area contributed by atoms with Gasteiger partial charge in [-0.25, -0.2) is 9.78 Å². The van der Waals surface area contributed by atoms with Crippen LogP contribution in [-0.4, -0.2) is 63.8 Å². The van der Waals surface area contributed by atoms with E-state index in [4.69, 9.17) is 10.1 Å². The van der Waals surface area contributed by atoms with Crippen molar-refractivity contribution in [3.05, 3.63) is 29.8 Å². The molecule has 1 aromatic carbocycles. The van der Waals surface area contributed by atoms with Crippen LogP contribution >= 0.6 is 11.3 Å². The first-order valence-corrected chi connectivity index (χ1v) is 12.5. The van der Waals surface area contributed by atoms with Gasteiger partial charge in [-0.05, 0) is 39.2 Å². The molecule has 0 aliphatic carbocycles. The van der Waals surface area contributed by atoms with Gasteiger partial charge >= 0.3 is 6.03 Å². The van der Waals surface area contributed by atoms with Crippen molar-refractivity contribution in [2.45, 2.75) is 47.1 Å². The van der Waals surface area contributed by atoms with Crippen molar-refractivity contribution in [3.8, 4) is 11.3 Å². The highest BCUT2D eigenvalue weighted by Crippen LogP contribution is 2.36. The maximum absolute atomic E-state index is 12.4. The summed E-state index contributed by atoms with van der Waals surface area (Å²) in [5.74, 6) is 1.36. The summed E-state index contributed by atoms with van der Waals surface area (Å²) in [5.41, 5.74) is 3.10. The highest BCUT2D eigenvalue weighted by atomic mass is 32.1. The van der Waals surface area contributed by atoms with Gasteiger partial charge in [-0.15, -0.1) is 5.10 Å². The molecular formula is C24H35N7OS. The lowest BCUT2D eigenvalue weighted by Gasteiger charge is -2.34. The Kier molecular flexibility index (Phi) is 6.52. The minimum absolute atomic E-state index is 0.0248. The largest absolute Gasteiger partial charge is 0.364 e. The van der Waals surface area contributed by atoms with Gasteiger partial charge in [0.25, 0.3) is 0 Å². The van der Waals surface area contributed by atoms with Crippen LogP contribution in [0.2, 0.25) is 0 Å². The standard InChI is InChI=1S/C24H35N7OS/c1-16(2)15-25-21(32)29-11-13-30(14-12-29)23-28-31-20(27-24(4,5)6)19(26-22(31)33-23)18-10-8-7-9-17(18)3/h7-10,16,27H,11-15H2,1-6H3,(H,25,32). The number of aryl methyl sites for hydroxylation is 1. The van der Waals surface area contributed by atoms with Crippen LogP contribution in [0, 0.1) is 12.8 Å². The number of nitrogens with one attached hydrogen (secondary N) is 2. The van der Waals surface area contributed by atoms with Crippen LogP contribution in [0.15, 0.2) is 24.3 Å². The number of aromatic nitrogens is 3. The average molecular weight is 470 g/mol. The van der Waals surface area contributed by atoms with E-state index < -0.39 is 0 Å². The van der Waals surface area contributed by atoms with Crippen LogP contribution in [0.5, 0.6) is 0 Å². The highest BCUT2D eigenvalue weighted by molar-refractivity contribution is 7.20. The highest BCUT2D eigenvalue weighted by Gasteiger charge is 2.27. The molecule has 2 aromatic heterocycles. The number of hydrogen-bond donors (Lipinski definition) is 2. The van der Waals surface area contributed by atoms with E-state index in [1.165, 1.54) is 5.56 Å². The van der Waals surface area contributed by atoms with E-state index in [1.54, 1.807) is 11.3 Å². The molecule has 8 nitrogen and oxygen atoms in total. The van der Waals surface area contributed by atoms with Crippen molar-refractivity contribution in [3.63, 3.8) is 0 Å². The SMILES string of the molecule is Cc1ccccc1-c1nc2sc(N3CCN(C(=O)NCC(C)C)CC3)nn2c1NC(C)(C)C. The number of fused-ring (bicyclic) bond motifs is 1. The monoisotopic (exact) mass is 469 g/mol. The average Bonchev–Trinajstić information content (AvgIpc) is 3.31. The Morgan fingerprint density at radius 3 is 2.48 bits per heavy atom. The first-order chi connectivity index (χ1) is 15.6. The smallest absolute Gasteiger partial charge is 0.317 e. The molecule has 3 heterocycles. The molecule has 0 spiro atoms. The predicted octanol–water partition coefficient (Wildman–Crippen LogP) is 4.46. The van der Waals surface area contributed by atoms with Crippen molar-refractivity contribution < 1.29 is 4.79 Å². The summed E-state index contributed by atoms with van der Waals surface area (Å²) in [6.07, 6.45) is 0. The van der Waals surface area contributed by atoms with E-state index in [0.29, 0.717) is 25.6 Å². The molecule has 0 saturated carbocycles. The van der Waals surface area contributed by atoms with E-state index in [2.05, 4.69) is 69.2 Å². The fourth-order valence-corrected chi connectivity index (χ4v) is 4.82. The zero-order valence-electron chi connectivity index (χ0n) is 20.5. The van der Waals surface area contributed by atoms with Gasteiger partial charge in [-0.3, -0.25) is 0 Å². The van der Waals surface area contributed by atoms with Crippen molar-refractivity contribution in [2.75, 3.05) is 42.9 Å². The maximum Gasteiger partial charge on any atom is 0.317 e. The number of anilines is 2. The number of benzene rings is 1. The van der Waals surface area contributed by atoms with Gasteiger partial charge < -0.3 is 20.4 Å².